The molecule has 5 heteroatoms. The Hall–Kier alpha value is -1.10. The van der Waals surface area contributed by atoms with Gasteiger partial charge in [-0.3, -0.25) is 0 Å². The third-order valence-corrected chi connectivity index (χ3v) is 5.44. The topological polar surface area (TPSA) is 53.4 Å². The van der Waals surface area contributed by atoms with E-state index in [-0.39, 0.29) is 5.41 Å². The van der Waals surface area contributed by atoms with Crippen LogP contribution in [0.15, 0.2) is 0 Å². The highest BCUT2D eigenvalue weighted by Gasteiger charge is 2.34. The van der Waals surface area contributed by atoms with Gasteiger partial charge in [-0.2, -0.15) is 0 Å². The molecular formula is C16H26N2O2S. The Bertz CT molecular complexity index is 533. The number of hydrogen-bond acceptors (Lipinski definition) is 4. The van der Waals surface area contributed by atoms with Crippen molar-refractivity contribution in [3.63, 3.8) is 0 Å². The van der Waals surface area contributed by atoms with Crippen molar-refractivity contribution in [3.05, 3.63) is 10.6 Å². The van der Waals surface area contributed by atoms with Crippen molar-refractivity contribution in [2.24, 2.45) is 11.8 Å². The van der Waals surface area contributed by atoms with Gasteiger partial charge in [-0.05, 0) is 25.2 Å². The van der Waals surface area contributed by atoms with Crippen molar-refractivity contribution in [2.45, 2.75) is 59.4 Å². The normalized spacial score (nSPS) is 27.0. The van der Waals surface area contributed by atoms with E-state index in [4.69, 9.17) is 4.98 Å². The summed E-state index contributed by atoms with van der Waals surface area (Å²) in [5.41, 5.74) is 0.451. The molecule has 0 aliphatic carbocycles. The molecule has 1 aromatic rings. The summed E-state index contributed by atoms with van der Waals surface area (Å²) in [6, 6.07) is 0.404. The molecule has 0 aromatic carbocycles. The first kappa shape index (κ1) is 16.3. The van der Waals surface area contributed by atoms with Crippen LogP contribution in [0.5, 0.6) is 0 Å². The molecule has 4 nitrogen and oxygen atoms in total. The van der Waals surface area contributed by atoms with Crippen LogP contribution in [0.1, 0.15) is 63.3 Å². The van der Waals surface area contributed by atoms with Crippen molar-refractivity contribution in [1.29, 1.82) is 0 Å². The van der Waals surface area contributed by atoms with E-state index >= 15 is 0 Å². The van der Waals surface area contributed by atoms with Gasteiger partial charge in [0.25, 0.3) is 0 Å². The van der Waals surface area contributed by atoms with Gasteiger partial charge in [0, 0.05) is 18.0 Å². The highest BCUT2D eigenvalue weighted by molar-refractivity contribution is 7.17. The molecule has 1 saturated heterocycles. The van der Waals surface area contributed by atoms with E-state index in [2.05, 4.69) is 25.7 Å². The quantitative estimate of drug-likeness (QED) is 0.896. The second-order valence-electron chi connectivity index (χ2n) is 7.44. The zero-order valence-electron chi connectivity index (χ0n) is 13.8. The van der Waals surface area contributed by atoms with Crippen LogP contribution in [0.25, 0.3) is 0 Å². The Morgan fingerprint density at radius 2 is 1.95 bits per heavy atom. The maximum absolute atomic E-state index is 11.5. The number of piperidine rings is 1. The van der Waals surface area contributed by atoms with Crippen molar-refractivity contribution >= 4 is 22.4 Å². The average molecular weight is 310 g/mol. The molecular weight excluding hydrogens is 284 g/mol. The van der Waals surface area contributed by atoms with Crippen molar-refractivity contribution in [1.82, 2.24) is 4.98 Å². The minimum absolute atomic E-state index is 0.251. The number of thiazole rings is 1. The monoisotopic (exact) mass is 310 g/mol. The van der Waals surface area contributed by atoms with Gasteiger partial charge in [-0.25, -0.2) is 9.78 Å². The molecule has 21 heavy (non-hydrogen) atoms. The third-order valence-electron chi connectivity index (χ3n) is 4.36. The van der Waals surface area contributed by atoms with E-state index in [0.717, 1.165) is 11.7 Å². The van der Waals surface area contributed by atoms with Crippen LogP contribution >= 0.6 is 11.3 Å². The summed E-state index contributed by atoms with van der Waals surface area (Å²) in [5, 5.41) is 10.3. The molecule has 0 amide bonds. The number of aromatic nitrogens is 1. The van der Waals surface area contributed by atoms with Crippen LogP contribution in [-0.4, -0.2) is 28.6 Å². The van der Waals surface area contributed by atoms with Gasteiger partial charge in [0.05, 0.1) is 5.69 Å². The van der Waals surface area contributed by atoms with Gasteiger partial charge in [-0.1, -0.05) is 46.0 Å². The second kappa shape index (κ2) is 5.59. The lowest BCUT2D eigenvalue weighted by molar-refractivity contribution is 0.0699. The number of rotatable bonds is 2. The predicted octanol–water partition coefficient (Wildman–Crippen LogP) is 4.01. The molecule has 0 saturated carbocycles. The molecule has 3 atom stereocenters. The van der Waals surface area contributed by atoms with Gasteiger partial charge in [0.1, 0.15) is 4.88 Å². The smallest absolute Gasteiger partial charge is 0.347 e. The average Bonchev–Trinajstić information content (AvgIpc) is 2.78. The number of anilines is 1. The third kappa shape index (κ3) is 3.23. The SMILES string of the molecule is CC1CC(C)C(C)N(c2nc(C(C)(C)C)c(C(=O)O)s2)C1. The largest absolute Gasteiger partial charge is 0.477 e. The minimum Gasteiger partial charge on any atom is -0.477 e. The van der Waals surface area contributed by atoms with E-state index in [0.29, 0.717) is 28.4 Å². The number of carboxylic acid groups (broad SMARTS) is 1. The fraction of sp³-hybridized carbons (Fsp3) is 0.750. The molecule has 1 aliphatic rings. The van der Waals surface area contributed by atoms with E-state index in [1.807, 2.05) is 20.8 Å². The van der Waals surface area contributed by atoms with Gasteiger partial charge in [0.2, 0.25) is 0 Å². The molecule has 1 aliphatic heterocycles. The molecule has 1 aromatic heterocycles. The number of nitrogens with zero attached hydrogens (tertiary/aromatic N) is 2. The Morgan fingerprint density at radius 1 is 1.33 bits per heavy atom. The zero-order chi connectivity index (χ0) is 15.9. The summed E-state index contributed by atoms with van der Waals surface area (Å²) in [4.78, 5) is 18.9. The fourth-order valence-corrected chi connectivity index (χ4v) is 4.27. The number of carboxylic acids is 1. The predicted molar refractivity (Wildman–Crippen MR) is 87.5 cm³/mol. The summed E-state index contributed by atoms with van der Waals surface area (Å²) < 4.78 is 0. The van der Waals surface area contributed by atoms with Crippen LogP contribution in [0.2, 0.25) is 0 Å². The molecule has 1 fully saturated rings. The van der Waals surface area contributed by atoms with Crippen LogP contribution < -0.4 is 4.90 Å². The minimum atomic E-state index is -0.866. The van der Waals surface area contributed by atoms with Crippen molar-refractivity contribution < 1.29 is 9.90 Å². The fourth-order valence-electron chi connectivity index (χ4n) is 3.05. The number of aromatic carboxylic acids is 1. The van der Waals surface area contributed by atoms with Crippen molar-refractivity contribution in [3.8, 4) is 0 Å². The Balaban J connectivity index is 2.42. The van der Waals surface area contributed by atoms with Crippen LogP contribution in [0.4, 0.5) is 5.13 Å². The molecule has 2 heterocycles. The molecule has 3 unspecified atom stereocenters. The summed E-state index contributed by atoms with van der Waals surface area (Å²) >= 11 is 1.32. The standard InChI is InChI=1S/C16H26N2O2S/c1-9-7-10(2)11(3)18(8-9)15-17-13(16(4,5)6)12(21-15)14(19)20/h9-11H,7-8H2,1-6H3,(H,19,20). The van der Waals surface area contributed by atoms with Crippen molar-refractivity contribution in [2.75, 3.05) is 11.4 Å². The second-order valence-corrected chi connectivity index (χ2v) is 8.42. The maximum Gasteiger partial charge on any atom is 0.347 e. The lowest BCUT2D eigenvalue weighted by atomic mass is 9.86. The molecule has 2 rings (SSSR count). The first-order valence-corrected chi connectivity index (χ1v) is 8.44. The van der Waals surface area contributed by atoms with Gasteiger partial charge in [0.15, 0.2) is 5.13 Å². The lowest BCUT2D eigenvalue weighted by Crippen LogP contribution is -2.45. The summed E-state index contributed by atoms with van der Waals surface area (Å²) in [5.74, 6) is 0.352. The molecule has 0 bridgehead atoms. The Labute approximate surface area is 131 Å². The van der Waals surface area contributed by atoms with E-state index < -0.39 is 5.97 Å². The molecule has 118 valence electrons. The van der Waals surface area contributed by atoms with Gasteiger partial charge >= 0.3 is 5.97 Å². The van der Waals surface area contributed by atoms with Crippen LogP contribution in [0, 0.1) is 11.8 Å². The Kier molecular flexibility index (Phi) is 4.34. The first-order chi connectivity index (χ1) is 9.61. The number of hydrogen-bond donors (Lipinski definition) is 1. The van der Waals surface area contributed by atoms with Gasteiger partial charge in [-0.15, -0.1) is 0 Å². The highest BCUT2D eigenvalue weighted by Crippen LogP contribution is 2.38. The summed E-state index contributed by atoms with van der Waals surface area (Å²) in [6.07, 6.45) is 1.22. The molecule has 1 N–H and O–H groups in total. The first-order valence-electron chi connectivity index (χ1n) is 7.62. The zero-order valence-corrected chi connectivity index (χ0v) is 14.6. The van der Waals surface area contributed by atoms with Crippen LogP contribution in [0.3, 0.4) is 0 Å². The molecule has 0 radical (unpaired) electrons. The maximum atomic E-state index is 11.5. The summed E-state index contributed by atoms with van der Waals surface area (Å²) in [7, 11) is 0. The highest BCUT2D eigenvalue weighted by atomic mass is 32.1. The van der Waals surface area contributed by atoms with Crippen LogP contribution in [-0.2, 0) is 5.41 Å². The summed E-state index contributed by atoms with van der Waals surface area (Å²) in [6.45, 7) is 13.8. The molecule has 0 spiro atoms. The number of carbonyl (C=O) groups is 1. The van der Waals surface area contributed by atoms with E-state index in [1.54, 1.807) is 0 Å². The lowest BCUT2D eigenvalue weighted by Gasteiger charge is -2.41. The van der Waals surface area contributed by atoms with E-state index in [1.165, 1.54) is 17.8 Å². The Morgan fingerprint density at radius 3 is 2.43 bits per heavy atom. The van der Waals surface area contributed by atoms with Gasteiger partial charge < -0.3 is 10.0 Å². The van der Waals surface area contributed by atoms with E-state index in [9.17, 15) is 9.90 Å².